The van der Waals surface area contributed by atoms with Gasteiger partial charge in [0.15, 0.2) is 0 Å². The molecule has 0 aliphatic rings. The number of hydrogen-bond acceptors (Lipinski definition) is 6. The maximum absolute atomic E-state index is 10.2. The minimum absolute atomic E-state index is 0. The van der Waals surface area contributed by atoms with Crippen molar-refractivity contribution in [2.75, 3.05) is 18.6 Å². The average Bonchev–Trinajstić information content (AvgIpc) is 1.55. The van der Waals surface area contributed by atoms with E-state index in [1.165, 1.54) is 0 Å². The maximum Gasteiger partial charge on any atom is 1.00 e. The predicted octanol–water partition coefficient (Wildman–Crippen LogP) is -4.49. The third kappa shape index (κ3) is 13.4. The predicted molar refractivity (Wildman–Crippen MR) is 35.4 cm³/mol. The molecule has 0 amide bonds. The van der Waals surface area contributed by atoms with E-state index in [2.05, 4.69) is 4.18 Å². The van der Waals surface area contributed by atoms with Gasteiger partial charge < -0.3 is 4.55 Å². The van der Waals surface area contributed by atoms with Gasteiger partial charge >= 0.3 is 29.6 Å². The van der Waals surface area contributed by atoms with Crippen LogP contribution >= 0.6 is 0 Å². The molecule has 0 spiro atoms. The molecule has 0 rings (SSSR count). The van der Waals surface area contributed by atoms with Crippen molar-refractivity contribution in [3.63, 3.8) is 0 Å². The Morgan fingerprint density at radius 1 is 1.25 bits per heavy atom. The van der Waals surface area contributed by atoms with Crippen LogP contribution in [0.5, 0.6) is 0 Å². The zero-order valence-corrected chi connectivity index (χ0v) is 10.3. The monoisotopic (exact) mass is 226 g/mol. The Kier molecular flexibility index (Phi) is 7.05. The molecule has 0 aromatic carbocycles. The first kappa shape index (κ1) is 15.3. The van der Waals surface area contributed by atoms with E-state index in [9.17, 15) is 21.4 Å². The molecular formula is C3H7NaO6S2. The quantitative estimate of drug-likeness (QED) is 0.272. The molecule has 0 fully saturated rings. The molecule has 0 bridgehead atoms. The Bertz CT molecular complexity index is 270. The van der Waals surface area contributed by atoms with Crippen molar-refractivity contribution in [2.24, 2.45) is 0 Å². The summed E-state index contributed by atoms with van der Waals surface area (Å²) >= 11 is 0. The van der Waals surface area contributed by atoms with Gasteiger partial charge in [-0.3, -0.25) is 4.18 Å². The molecule has 0 saturated heterocycles. The Balaban J connectivity index is 0. The second kappa shape index (κ2) is 5.53. The second-order valence-corrected chi connectivity index (χ2v) is 4.96. The van der Waals surface area contributed by atoms with Gasteiger partial charge in [-0.05, 0) is 0 Å². The van der Waals surface area contributed by atoms with Crippen LogP contribution < -0.4 is 29.6 Å². The van der Waals surface area contributed by atoms with Crippen LogP contribution in [-0.2, 0) is 24.4 Å². The zero-order valence-electron chi connectivity index (χ0n) is 6.68. The third-order valence-corrected chi connectivity index (χ3v) is 1.89. The van der Waals surface area contributed by atoms with Gasteiger partial charge in [-0.25, -0.2) is 8.42 Å². The molecule has 12 heavy (non-hydrogen) atoms. The van der Waals surface area contributed by atoms with Gasteiger partial charge in [0.05, 0.1) is 28.7 Å². The topological polar surface area (TPSA) is 101 Å². The molecule has 0 heterocycles. The van der Waals surface area contributed by atoms with E-state index in [1.807, 2.05) is 0 Å². The van der Waals surface area contributed by atoms with Gasteiger partial charge in [0.2, 0.25) is 0 Å². The van der Waals surface area contributed by atoms with E-state index in [4.69, 9.17) is 0 Å². The fourth-order valence-electron chi connectivity index (χ4n) is 0.287. The van der Waals surface area contributed by atoms with Crippen molar-refractivity contribution in [1.82, 2.24) is 0 Å². The van der Waals surface area contributed by atoms with Gasteiger partial charge in [0, 0.05) is 0 Å². The van der Waals surface area contributed by atoms with Gasteiger partial charge in [0.1, 0.15) is 0 Å². The Morgan fingerprint density at radius 3 is 1.92 bits per heavy atom. The van der Waals surface area contributed by atoms with Crippen molar-refractivity contribution < 1.29 is 55.1 Å². The number of rotatable bonds is 4. The molecule has 0 aromatic heterocycles. The smallest absolute Gasteiger partial charge is 0.748 e. The molecule has 0 aliphatic carbocycles. The summed E-state index contributed by atoms with van der Waals surface area (Å²) < 4.78 is 54.1. The summed E-state index contributed by atoms with van der Waals surface area (Å²) in [6.45, 7) is -0.620. The van der Waals surface area contributed by atoms with Crippen molar-refractivity contribution in [3.05, 3.63) is 0 Å². The molecule has 68 valence electrons. The molecule has 0 unspecified atom stereocenters. The summed E-state index contributed by atoms with van der Waals surface area (Å²) in [4.78, 5) is 0. The second-order valence-electron chi connectivity index (χ2n) is 1.79. The van der Waals surface area contributed by atoms with Crippen LogP contribution in [0.2, 0.25) is 0 Å². The van der Waals surface area contributed by atoms with E-state index >= 15 is 0 Å². The molecule has 0 saturated carbocycles. The minimum atomic E-state index is -4.39. The van der Waals surface area contributed by atoms with Crippen molar-refractivity contribution in [3.8, 4) is 0 Å². The standard InChI is InChI=1S/C3H8O6S2.Na/c1-10(4,5)9-2-3-11(6,7)8;/h2-3H2,1H3,(H,6,7,8);/q;+1/p-1. The largest absolute Gasteiger partial charge is 1.00 e. The normalized spacial score (nSPS) is 12.2. The van der Waals surface area contributed by atoms with E-state index in [-0.39, 0.29) is 29.6 Å². The van der Waals surface area contributed by atoms with Gasteiger partial charge in [-0.2, -0.15) is 8.42 Å². The third-order valence-electron chi connectivity index (χ3n) is 0.631. The fraction of sp³-hybridized carbons (Fsp3) is 1.00. The zero-order chi connectivity index (χ0) is 9.12. The molecule has 0 aromatic rings. The van der Waals surface area contributed by atoms with Gasteiger partial charge in [0.25, 0.3) is 10.1 Å². The first-order chi connectivity index (χ1) is 4.71. The molecule has 0 atom stereocenters. The summed E-state index contributed by atoms with van der Waals surface area (Å²) in [5, 5.41) is 0. The Hall–Kier alpha value is 0.820. The van der Waals surface area contributed by atoms with E-state index < -0.39 is 32.6 Å². The van der Waals surface area contributed by atoms with Crippen LogP contribution in [-0.4, -0.2) is 40.0 Å². The molecular weight excluding hydrogens is 219 g/mol. The summed E-state index contributed by atoms with van der Waals surface area (Å²) in [6.07, 6.45) is 0.768. The van der Waals surface area contributed by atoms with Crippen LogP contribution in [0.15, 0.2) is 0 Å². The molecule has 0 aliphatic heterocycles. The van der Waals surface area contributed by atoms with Crippen molar-refractivity contribution >= 4 is 20.2 Å². The first-order valence-corrected chi connectivity index (χ1v) is 5.88. The first-order valence-electron chi connectivity index (χ1n) is 2.49. The van der Waals surface area contributed by atoms with Crippen molar-refractivity contribution in [2.45, 2.75) is 0 Å². The Labute approximate surface area is 93.5 Å². The molecule has 6 nitrogen and oxygen atoms in total. The SMILES string of the molecule is CS(=O)(=O)OCCS(=O)(=O)[O-].[Na+]. The molecule has 0 N–H and O–H groups in total. The van der Waals surface area contributed by atoms with E-state index in [0.717, 1.165) is 6.26 Å². The van der Waals surface area contributed by atoms with E-state index in [1.54, 1.807) is 0 Å². The summed E-state index contributed by atoms with van der Waals surface area (Å²) in [6, 6.07) is 0. The van der Waals surface area contributed by atoms with Crippen molar-refractivity contribution in [1.29, 1.82) is 0 Å². The van der Waals surface area contributed by atoms with Crippen LogP contribution in [0, 0.1) is 0 Å². The van der Waals surface area contributed by atoms with Crippen LogP contribution in [0.4, 0.5) is 0 Å². The summed E-state index contributed by atoms with van der Waals surface area (Å²) in [7, 11) is -8.04. The average molecular weight is 226 g/mol. The minimum Gasteiger partial charge on any atom is -0.748 e. The van der Waals surface area contributed by atoms with Gasteiger partial charge in [-0.15, -0.1) is 0 Å². The fourth-order valence-corrected chi connectivity index (χ4v) is 1.07. The van der Waals surface area contributed by atoms with Crippen LogP contribution in [0.25, 0.3) is 0 Å². The molecule has 9 heteroatoms. The summed E-state index contributed by atoms with van der Waals surface area (Å²) in [5.41, 5.74) is 0. The van der Waals surface area contributed by atoms with Gasteiger partial charge in [-0.1, -0.05) is 0 Å². The maximum atomic E-state index is 10.2. The Morgan fingerprint density at radius 2 is 1.67 bits per heavy atom. The van der Waals surface area contributed by atoms with Crippen LogP contribution in [0.1, 0.15) is 0 Å². The van der Waals surface area contributed by atoms with Crippen LogP contribution in [0.3, 0.4) is 0 Å². The summed E-state index contributed by atoms with van der Waals surface area (Å²) in [5.74, 6) is -0.833. The number of hydrogen-bond donors (Lipinski definition) is 0. The molecule has 0 radical (unpaired) electrons. The van der Waals surface area contributed by atoms with E-state index in [0.29, 0.717) is 0 Å².